The van der Waals surface area contributed by atoms with E-state index in [2.05, 4.69) is 21.6 Å². The SMILES string of the molecule is CC(=O)c1cccc(-c2n[nH]c3ccc(NC(=O)C4Cc5ccccc54)cc23)c1. The Labute approximate surface area is 167 Å². The van der Waals surface area contributed by atoms with Gasteiger partial charge in [0.2, 0.25) is 5.91 Å². The summed E-state index contributed by atoms with van der Waals surface area (Å²) in [4.78, 5) is 24.5. The molecule has 1 atom stereocenters. The fourth-order valence-electron chi connectivity index (χ4n) is 3.92. The highest BCUT2D eigenvalue weighted by Crippen LogP contribution is 2.36. The Balaban J connectivity index is 1.45. The second kappa shape index (κ2) is 6.71. The van der Waals surface area contributed by atoms with Gasteiger partial charge in [-0.3, -0.25) is 14.7 Å². The summed E-state index contributed by atoms with van der Waals surface area (Å²) in [6.45, 7) is 1.55. The molecule has 0 saturated carbocycles. The molecule has 1 aliphatic carbocycles. The number of amides is 1. The van der Waals surface area contributed by atoms with Crippen molar-refractivity contribution in [2.24, 2.45) is 0 Å². The standard InChI is InChI=1S/C24H19N3O2/c1-14(28)15-6-4-7-17(11-15)23-21-13-18(9-10-22(21)26-27-23)25-24(29)20-12-16-5-2-3-8-19(16)20/h2-11,13,20H,12H2,1H3,(H,25,29)(H,26,27). The molecule has 0 spiro atoms. The second-order valence-electron chi connectivity index (χ2n) is 7.41. The van der Waals surface area contributed by atoms with Gasteiger partial charge < -0.3 is 5.32 Å². The predicted octanol–water partition coefficient (Wildman–Crippen LogP) is 4.71. The quantitative estimate of drug-likeness (QED) is 0.503. The molecule has 1 unspecified atom stereocenters. The van der Waals surface area contributed by atoms with E-state index in [0.717, 1.165) is 39.8 Å². The van der Waals surface area contributed by atoms with Crippen LogP contribution >= 0.6 is 0 Å². The number of nitrogens with one attached hydrogen (secondary N) is 2. The van der Waals surface area contributed by atoms with Crippen LogP contribution in [0, 0.1) is 0 Å². The molecule has 29 heavy (non-hydrogen) atoms. The number of anilines is 1. The summed E-state index contributed by atoms with van der Waals surface area (Å²) >= 11 is 0. The Kier molecular flexibility index (Phi) is 4.02. The molecule has 5 rings (SSSR count). The molecule has 0 bridgehead atoms. The van der Waals surface area contributed by atoms with Crippen LogP contribution in [0.3, 0.4) is 0 Å². The molecule has 0 saturated heterocycles. The van der Waals surface area contributed by atoms with Crippen LogP contribution < -0.4 is 5.32 Å². The third kappa shape index (κ3) is 3.01. The number of hydrogen-bond donors (Lipinski definition) is 2. The molecule has 1 heterocycles. The van der Waals surface area contributed by atoms with Crippen molar-refractivity contribution in [2.75, 3.05) is 5.32 Å². The summed E-state index contributed by atoms with van der Waals surface area (Å²) < 4.78 is 0. The van der Waals surface area contributed by atoms with E-state index in [0.29, 0.717) is 5.56 Å². The first-order valence-corrected chi connectivity index (χ1v) is 9.58. The number of aromatic nitrogens is 2. The lowest BCUT2D eigenvalue weighted by Gasteiger charge is -2.28. The topological polar surface area (TPSA) is 74.8 Å². The molecule has 3 aromatic carbocycles. The van der Waals surface area contributed by atoms with Crippen molar-refractivity contribution in [2.45, 2.75) is 19.3 Å². The number of carbonyl (C=O) groups excluding carboxylic acids is 2. The average Bonchev–Trinajstić information content (AvgIpc) is 3.12. The molecule has 1 amide bonds. The number of aromatic amines is 1. The van der Waals surface area contributed by atoms with E-state index >= 15 is 0 Å². The van der Waals surface area contributed by atoms with Gasteiger partial charge in [-0.05, 0) is 48.7 Å². The van der Waals surface area contributed by atoms with Gasteiger partial charge in [0.15, 0.2) is 5.78 Å². The Bertz CT molecular complexity index is 1270. The summed E-state index contributed by atoms with van der Waals surface area (Å²) in [7, 11) is 0. The predicted molar refractivity (Wildman–Crippen MR) is 113 cm³/mol. The smallest absolute Gasteiger partial charge is 0.232 e. The largest absolute Gasteiger partial charge is 0.326 e. The lowest BCUT2D eigenvalue weighted by Crippen LogP contribution is -2.30. The van der Waals surface area contributed by atoms with E-state index in [1.165, 1.54) is 5.56 Å². The third-order valence-corrected chi connectivity index (χ3v) is 5.54. The number of ketones is 1. The summed E-state index contributed by atoms with van der Waals surface area (Å²) in [6, 6.07) is 21.2. The van der Waals surface area contributed by atoms with Gasteiger partial charge in [-0.15, -0.1) is 0 Å². The highest BCUT2D eigenvalue weighted by atomic mass is 16.2. The Morgan fingerprint density at radius 3 is 2.72 bits per heavy atom. The molecular weight excluding hydrogens is 362 g/mol. The molecule has 4 aromatic rings. The normalized spacial score (nSPS) is 14.9. The number of H-pyrrole nitrogens is 1. The van der Waals surface area contributed by atoms with Gasteiger partial charge in [0, 0.05) is 22.2 Å². The summed E-state index contributed by atoms with van der Waals surface area (Å²) in [6.07, 6.45) is 0.777. The van der Waals surface area contributed by atoms with Crippen molar-refractivity contribution < 1.29 is 9.59 Å². The highest BCUT2D eigenvalue weighted by Gasteiger charge is 2.31. The number of hydrogen-bond acceptors (Lipinski definition) is 3. The van der Waals surface area contributed by atoms with E-state index < -0.39 is 0 Å². The Morgan fingerprint density at radius 1 is 1.03 bits per heavy atom. The Hall–Kier alpha value is -3.73. The van der Waals surface area contributed by atoms with Crippen molar-refractivity contribution in [1.29, 1.82) is 0 Å². The van der Waals surface area contributed by atoms with Crippen LogP contribution in [0.2, 0.25) is 0 Å². The first kappa shape index (κ1) is 17.4. The zero-order chi connectivity index (χ0) is 20.0. The molecule has 0 radical (unpaired) electrons. The minimum absolute atomic E-state index is 0.00618. The highest BCUT2D eigenvalue weighted by molar-refractivity contribution is 6.02. The van der Waals surface area contributed by atoms with Crippen LogP contribution in [0.4, 0.5) is 5.69 Å². The molecule has 5 nitrogen and oxygen atoms in total. The number of fused-ring (bicyclic) bond motifs is 2. The van der Waals surface area contributed by atoms with E-state index in [-0.39, 0.29) is 17.6 Å². The van der Waals surface area contributed by atoms with E-state index in [1.54, 1.807) is 13.0 Å². The van der Waals surface area contributed by atoms with Crippen molar-refractivity contribution >= 4 is 28.3 Å². The van der Waals surface area contributed by atoms with Crippen molar-refractivity contribution in [3.8, 4) is 11.3 Å². The molecule has 1 aromatic heterocycles. The number of Topliss-reactive ketones (excluding diaryl/α,β-unsaturated/α-hetero) is 1. The summed E-state index contributed by atoms with van der Waals surface area (Å²) in [5.41, 5.74) is 6.22. The van der Waals surface area contributed by atoms with Crippen molar-refractivity contribution in [1.82, 2.24) is 10.2 Å². The van der Waals surface area contributed by atoms with Gasteiger partial charge in [-0.1, -0.05) is 42.5 Å². The van der Waals surface area contributed by atoms with E-state index in [9.17, 15) is 9.59 Å². The molecular formula is C24H19N3O2. The maximum Gasteiger partial charge on any atom is 0.232 e. The molecule has 5 heteroatoms. The molecule has 2 N–H and O–H groups in total. The van der Waals surface area contributed by atoms with Crippen LogP contribution in [-0.4, -0.2) is 21.9 Å². The number of rotatable bonds is 4. The van der Waals surface area contributed by atoms with Gasteiger partial charge in [0.25, 0.3) is 0 Å². The molecule has 0 fully saturated rings. The minimum atomic E-state index is -0.0991. The lowest BCUT2D eigenvalue weighted by molar-refractivity contribution is -0.118. The van der Waals surface area contributed by atoms with Gasteiger partial charge in [-0.25, -0.2) is 0 Å². The van der Waals surface area contributed by atoms with Gasteiger partial charge in [0.1, 0.15) is 0 Å². The molecule has 1 aliphatic rings. The molecule has 142 valence electrons. The second-order valence-corrected chi connectivity index (χ2v) is 7.41. The number of carbonyl (C=O) groups is 2. The fourth-order valence-corrected chi connectivity index (χ4v) is 3.92. The number of benzene rings is 3. The van der Waals surface area contributed by atoms with Gasteiger partial charge >= 0.3 is 0 Å². The van der Waals surface area contributed by atoms with Crippen LogP contribution in [0.15, 0.2) is 66.7 Å². The van der Waals surface area contributed by atoms with Crippen molar-refractivity contribution in [3.05, 3.63) is 83.4 Å². The van der Waals surface area contributed by atoms with Crippen LogP contribution in [0.25, 0.3) is 22.2 Å². The van der Waals surface area contributed by atoms with E-state index in [4.69, 9.17) is 0 Å². The van der Waals surface area contributed by atoms with Gasteiger partial charge in [-0.2, -0.15) is 5.10 Å². The summed E-state index contributed by atoms with van der Waals surface area (Å²) in [5, 5.41) is 11.4. The van der Waals surface area contributed by atoms with Crippen LogP contribution in [-0.2, 0) is 11.2 Å². The van der Waals surface area contributed by atoms with Gasteiger partial charge in [0.05, 0.1) is 17.1 Å². The zero-order valence-corrected chi connectivity index (χ0v) is 15.9. The van der Waals surface area contributed by atoms with Crippen LogP contribution in [0.1, 0.15) is 34.3 Å². The zero-order valence-electron chi connectivity index (χ0n) is 15.9. The third-order valence-electron chi connectivity index (χ3n) is 5.54. The van der Waals surface area contributed by atoms with E-state index in [1.807, 2.05) is 54.6 Å². The monoisotopic (exact) mass is 381 g/mol. The van der Waals surface area contributed by atoms with Crippen molar-refractivity contribution in [3.63, 3.8) is 0 Å². The summed E-state index contributed by atoms with van der Waals surface area (Å²) in [5.74, 6) is -0.0786. The fraction of sp³-hybridized carbons (Fsp3) is 0.125. The minimum Gasteiger partial charge on any atom is -0.326 e. The maximum atomic E-state index is 12.7. The first-order chi connectivity index (χ1) is 14.1. The van der Waals surface area contributed by atoms with Crippen LogP contribution in [0.5, 0.6) is 0 Å². The lowest BCUT2D eigenvalue weighted by atomic mass is 9.77. The molecule has 0 aliphatic heterocycles. The average molecular weight is 381 g/mol. The number of nitrogens with zero attached hydrogens (tertiary/aromatic N) is 1. The Morgan fingerprint density at radius 2 is 1.90 bits per heavy atom. The maximum absolute atomic E-state index is 12.7. The first-order valence-electron chi connectivity index (χ1n) is 9.58.